The second-order valence-electron chi connectivity index (χ2n) is 5.16. The topological polar surface area (TPSA) is 93.5 Å². The van der Waals surface area contributed by atoms with Crippen molar-refractivity contribution in [2.75, 3.05) is 0 Å². The quantitative estimate of drug-likeness (QED) is 0.290. The molecule has 0 fully saturated rings. The minimum Gasteiger partial charge on any atom is -0.283 e. The van der Waals surface area contributed by atoms with E-state index < -0.39 is 0 Å². The lowest BCUT2D eigenvalue weighted by Gasteiger charge is -2.03. The van der Waals surface area contributed by atoms with E-state index in [9.17, 15) is 9.59 Å². The number of aromatic nitrogens is 5. The highest BCUT2D eigenvalue weighted by atomic mass is 127. The van der Waals surface area contributed by atoms with Crippen LogP contribution in [0.4, 0.5) is 0 Å². The number of nitrogens with zero attached hydrogens (tertiary/aromatic N) is 4. The number of H-pyrrole nitrogens is 1. The SMILES string of the molecule is Clc1ccc(I)cn1.O=c1ccccn1-c1ccc(Cl)nc1.O=c1cccn[nH]1. The van der Waals surface area contributed by atoms with Gasteiger partial charge in [-0.25, -0.2) is 15.1 Å². The summed E-state index contributed by atoms with van der Waals surface area (Å²) < 4.78 is 2.61. The van der Waals surface area contributed by atoms with Crippen molar-refractivity contribution in [3.8, 4) is 5.69 Å². The molecule has 0 saturated carbocycles. The number of hydrogen-bond acceptors (Lipinski definition) is 5. The maximum Gasteiger partial charge on any atom is 0.264 e. The molecule has 0 atom stereocenters. The lowest BCUT2D eigenvalue weighted by molar-refractivity contribution is 0.978. The van der Waals surface area contributed by atoms with Gasteiger partial charge in [0, 0.05) is 34.3 Å². The Labute approximate surface area is 189 Å². The molecule has 0 aliphatic carbocycles. The van der Waals surface area contributed by atoms with Crippen molar-refractivity contribution in [1.82, 2.24) is 24.7 Å². The van der Waals surface area contributed by atoms with Gasteiger partial charge in [-0.05, 0) is 59.0 Å². The van der Waals surface area contributed by atoms with Crippen molar-refractivity contribution in [1.29, 1.82) is 0 Å². The fraction of sp³-hybridized carbons (Fsp3) is 0. The van der Waals surface area contributed by atoms with Crippen LogP contribution in [0.15, 0.2) is 89.0 Å². The molecule has 0 aromatic carbocycles. The summed E-state index contributed by atoms with van der Waals surface area (Å²) in [4.78, 5) is 29.3. The van der Waals surface area contributed by atoms with E-state index in [0.717, 1.165) is 3.57 Å². The number of nitrogens with one attached hydrogen (secondary N) is 1. The largest absolute Gasteiger partial charge is 0.283 e. The maximum absolute atomic E-state index is 11.4. The highest BCUT2D eigenvalue weighted by molar-refractivity contribution is 14.1. The van der Waals surface area contributed by atoms with E-state index in [1.807, 2.05) is 6.07 Å². The van der Waals surface area contributed by atoms with Crippen molar-refractivity contribution >= 4 is 45.8 Å². The first-order valence-electron chi connectivity index (χ1n) is 8.02. The molecule has 0 saturated heterocycles. The van der Waals surface area contributed by atoms with E-state index >= 15 is 0 Å². The normalized spacial score (nSPS) is 9.48. The van der Waals surface area contributed by atoms with Gasteiger partial charge in [-0.1, -0.05) is 29.3 Å². The Hall–Kier alpha value is -2.56. The van der Waals surface area contributed by atoms with Crippen LogP contribution in [0.2, 0.25) is 10.3 Å². The molecule has 4 heterocycles. The zero-order valence-corrected chi connectivity index (χ0v) is 18.4. The van der Waals surface area contributed by atoms with Gasteiger partial charge in [-0.3, -0.25) is 14.2 Å². The maximum atomic E-state index is 11.4. The van der Waals surface area contributed by atoms with Gasteiger partial charge in [0.2, 0.25) is 0 Å². The van der Waals surface area contributed by atoms with Crippen molar-refractivity contribution in [3.05, 3.63) is 114 Å². The molecule has 1 N–H and O–H groups in total. The highest BCUT2D eigenvalue weighted by Gasteiger charge is 1.97. The van der Waals surface area contributed by atoms with Crippen LogP contribution >= 0.6 is 45.8 Å². The van der Waals surface area contributed by atoms with Crippen LogP contribution in [0, 0.1) is 3.57 Å². The number of hydrogen-bond donors (Lipinski definition) is 1. The monoisotopic (exact) mass is 541 g/mol. The molecule has 4 aromatic heterocycles. The molecular weight excluding hydrogens is 528 g/mol. The van der Waals surface area contributed by atoms with Crippen LogP contribution in [0.5, 0.6) is 0 Å². The Morgan fingerprint density at radius 2 is 1.59 bits per heavy atom. The zero-order chi connectivity index (χ0) is 21.1. The highest BCUT2D eigenvalue weighted by Crippen LogP contribution is 2.07. The Bertz CT molecular complexity index is 1090. The summed E-state index contributed by atoms with van der Waals surface area (Å²) in [6, 6.07) is 15.0. The van der Waals surface area contributed by atoms with E-state index in [1.54, 1.807) is 55.0 Å². The molecule has 4 aromatic rings. The van der Waals surface area contributed by atoms with E-state index in [2.05, 4.69) is 42.8 Å². The lowest BCUT2D eigenvalue weighted by Crippen LogP contribution is -2.15. The molecule has 4 rings (SSSR count). The number of rotatable bonds is 1. The first kappa shape index (κ1) is 22.7. The second kappa shape index (κ2) is 12.1. The fourth-order valence-corrected chi connectivity index (χ4v) is 2.36. The average molecular weight is 542 g/mol. The molecule has 7 nitrogen and oxygen atoms in total. The number of pyridine rings is 3. The second-order valence-corrected chi connectivity index (χ2v) is 7.18. The Morgan fingerprint density at radius 1 is 0.862 bits per heavy atom. The molecule has 0 spiro atoms. The molecular formula is C19H14Cl2IN5O2. The molecule has 29 heavy (non-hydrogen) atoms. The van der Waals surface area contributed by atoms with Gasteiger partial charge in [-0.15, -0.1) is 0 Å². The van der Waals surface area contributed by atoms with Gasteiger partial charge in [-0.2, -0.15) is 5.10 Å². The Balaban J connectivity index is 0.000000170. The third-order valence-electron chi connectivity index (χ3n) is 3.09. The molecule has 0 bridgehead atoms. The summed E-state index contributed by atoms with van der Waals surface area (Å²) in [6.45, 7) is 0. The lowest BCUT2D eigenvalue weighted by atomic mass is 10.4. The first-order chi connectivity index (χ1) is 14.0. The van der Waals surface area contributed by atoms with Crippen molar-refractivity contribution in [2.45, 2.75) is 0 Å². The summed E-state index contributed by atoms with van der Waals surface area (Å²) in [6.07, 6.45) is 6.49. The molecule has 0 radical (unpaired) electrons. The molecule has 0 amide bonds. The van der Waals surface area contributed by atoms with Crippen molar-refractivity contribution in [2.24, 2.45) is 0 Å². The van der Waals surface area contributed by atoms with Crippen LogP contribution in [-0.4, -0.2) is 24.7 Å². The van der Waals surface area contributed by atoms with E-state index in [1.165, 1.54) is 22.9 Å². The molecule has 0 aliphatic rings. The van der Waals surface area contributed by atoms with Crippen molar-refractivity contribution < 1.29 is 0 Å². The van der Waals surface area contributed by atoms with Gasteiger partial charge in [0.25, 0.3) is 11.1 Å². The van der Waals surface area contributed by atoms with Gasteiger partial charge < -0.3 is 0 Å². The molecule has 0 aliphatic heterocycles. The smallest absolute Gasteiger partial charge is 0.264 e. The molecule has 10 heteroatoms. The summed E-state index contributed by atoms with van der Waals surface area (Å²) in [5.41, 5.74) is 0.458. The number of aromatic amines is 1. The minimum atomic E-state index is -0.164. The zero-order valence-electron chi connectivity index (χ0n) is 14.7. The van der Waals surface area contributed by atoms with E-state index in [0.29, 0.717) is 16.0 Å². The van der Waals surface area contributed by atoms with Crippen LogP contribution in [0.1, 0.15) is 0 Å². The summed E-state index contributed by atoms with van der Waals surface area (Å²) in [5, 5.41) is 6.63. The summed E-state index contributed by atoms with van der Waals surface area (Å²) >= 11 is 13.3. The first-order valence-corrected chi connectivity index (χ1v) is 9.85. The van der Waals surface area contributed by atoms with Gasteiger partial charge in [0.1, 0.15) is 10.3 Å². The van der Waals surface area contributed by atoms with Crippen LogP contribution in [0.25, 0.3) is 5.69 Å². The third-order valence-corrected chi connectivity index (χ3v) is 4.17. The predicted molar refractivity (Wildman–Crippen MR) is 122 cm³/mol. The van der Waals surface area contributed by atoms with Crippen LogP contribution < -0.4 is 11.1 Å². The van der Waals surface area contributed by atoms with E-state index in [4.69, 9.17) is 23.2 Å². The van der Waals surface area contributed by atoms with Gasteiger partial charge >= 0.3 is 0 Å². The average Bonchev–Trinajstić information content (AvgIpc) is 2.73. The summed E-state index contributed by atoms with van der Waals surface area (Å²) in [5.74, 6) is 0. The molecule has 148 valence electrons. The Kier molecular flexibility index (Phi) is 9.48. The van der Waals surface area contributed by atoms with Crippen LogP contribution in [-0.2, 0) is 0 Å². The number of halogens is 3. The standard InChI is InChI=1S/C10H7ClN2O.C5H3ClIN.C4H4N2O/c11-9-5-4-8(7-12-9)13-6-2-1-3-10(13)14;6-5-2-1-4(7)3-8-5;7-4-2-1-3-5-6-4/h1-7H;1-3H;1-3H,(H,6,7). The van der Waals surface area contributed by atoms with Gasteiger partial charge in [0.05, 0.1) is 11.9 Å². The summed E-state index contributed by atoms with van der Waals surface area (Å²) in [7, 11) is 0. The van der Waals surface area contributed by atoms with E-state index in [-0.39, 0.29) is 11.1 Å². The Morgan fingerprint density at radius 3 is 2.03 bits per heavy atom. The molecule has 0 unspecified atom stereocenters. The van der Waals surface area contributed by atoms with Crippen LogP contribution in [0.3, 0.4) is 0 Å². The third kappa shape index (κ3) is 8.55. The predicted octanol–water partition coefficient (Wildman–Crippen LogP) is 4.00. The minimum absolute atomic E-state index is 0.0865. The van der Waals surface area contributed by atoms with Crippen molar-refractivity contribution in [3.63, 3.8) is 0 Å². The fourth-order valence-electron chi connectivity index (χ4n) is 1.82. The van der Waals surface area contributed by atoms with Gasteiger partial charge in [0.15, 0.2) is 0 Å².